The molecule has 1 saturated heterocycles. The molecule has 3 heterocycles. The predicted molar refractivity (Wildman–Crippen MR) is 103 cm³/mol. The second-order valence-electron chi connectivity index (χ2n) is 7.67. The zero-order valence-electron chi connectivity index (χ0n) is 15.1. The van der Waals surface area contributed by atoms with Crippen molar-refractivity contribution in [1.82, 2.24) is 20.1 Å². The molecule has 1 atom stereocenters. The van der Waals surface area contributed by atoms with Crippen molar-refractivity contribution in [3.8, 4) is 0 Å². The minimum Gasteiger partial charge on any atom is -0.337 e. The van der Waals surface area contributed by atoms with E-state index >= 15 is 0 Å². The molecule has 0 radical (unpaired) electrons. The molecule has 0 bridgehead atoms. The van der Waals surface area contributed by atoms with Crippen molar-refractivity contribution < 1.29 is 4.79 Å². The number of nitrogens with one attached hydrogen (secondary N) is 1. The van der Waals surface area contributed by atoms with E-state index in [4.69, 9.17) is 0 Å². The Labute approximate surface area is 158 Å². The van der Waals surface area contributed by atoms with Gasteiger partial charge < -0.3 is 4.90 Å². The molecule has 1 N–H and O–H groups in total. The molecular formula is C22H22N4O. The van der Waals surface area contributed by atoms with Crippen LogP contribution >= 0.6 is 0 Å². The summed E-state index contributed by atoms with van der Waals surface area (Å²) >= 11 is 0. The fourth-order valence-corrected chi connectivity index (χ4v) is 4.93. The number of piperidine rings is 1. The van der Waals surface area contributed by atoms with Crippen LogP contribution in [0, 0.1) is 0 Å². The van der Waals surface area contributed by atoms with Gasteiger partial charge in [-0.05, 0) is 53.5 Å². The molecule has 2 aliphatic rings. The number of H-pyrrole nitrogens is 1. The molecule has 0 saturated carbocycles. The van der Waals surface area contributed by atoms with Gasteiger partial charge in [0.2, 0.25) is 0 Å². The highest BCUT2D eigenvalue weighted by molar-refractivity contribution is 5.92. The third-order valence-electron chi connectivity index (χ3n) is 6.33. The molecule has 136 valence electrons. The lowest BCUT2D eigenvalue weighted by Gasteiger charge is -2.40. The van der Waals surface area contributed by atoms with Crippen molar-refractivity contribution in [3.63, 3.8) is 0 Å². The summed E-state index contributed by atoms with van der Waals surface area (Å²) in [5.74, 6) is 0.446. The number of rotatable bonds is 2. The van der Waals surface area contributed by atoms with Crippen molar-refractivity contribution in [2.24, 2.45) is 0 Å². The topological polar surface area (TPSA) is 61.9 Å². The summed E-state index contributed by atoms with van der Waals surface area (Å²) in [6.07, 6.45) is 8.56. The van der Waals surface area contributed by atoms with E-state index in [2.05, 4.69) is 45.5 Å². The smallest absolute Gasteiger partial charge is 0.271 e. The van der Waals surface area contributed by atoms with E-state index in [0.29, 0.717) is 11.6 Å². The van der Waals surface area contributed by atoms with E-state index in [9.17, 15) is 4.79 Å². The third-order valence-corrected chi connectivity index (χ3v) is 6.33. The van der Waals surface area contributed by atoms with Gasteiger partial charge in [0.05, 0.1) is 0 Å². The number of pyridine rings is 1. The van der Waals surface area contributed by atoms with Gasteiger partial charge in [-0.1, -0.05) is 30.3 Å². The maximum Gasteiger partial charge on any atom is 0.271 e. The number of fused-ring (bicyclic) bond motifs is 2. The van der Waals surface area contributed by atoms with Gasteiger partial charge in [0, 0.05) is 37.6 Å². The molecule has 5 rings (SSSR count). The van der Waals surface area contributed by atoms with E-state index in [1.165, 1.54) is 16.7 Å². The average Bonchev–Trinajstić information content (AvgIpc) is 3.37. The first kappa shape index (κ1) is 16.2. The van der Waals surface area contributed by atoms with Crippen LogP contribution in [0.15, 0.2) is 61.1 Å². The zero-order valence-corrected chi connectivity index (χ0v) is 15.1. The summed E-state index contributed by atoms with van der Waals surface area (Å²) in [7, 11) is 0. The summed E-state index contributed by atoms with van der Waals surface area (Å²) in [6, 6.07) is 14.8. The van der Waals surface area contributed by atoms with Crippen LogP contribution in [0.1, 0.15) is 52.4 Å². The molecule has 5 heteroatoms. The van der Waals surface area contributed by atoms with Crippen LogP contribution in [-0.2, 0) is 5.41 Å². The number of nitrogens with zero attached hydrogens (tertiary/aromatic N) is 3. The number of aromatic nitrogens is 3. The van der Waals surface area contributed by atoms with Gasteiger partial charge in [-0.2, -0.15) is 5.10 Å². The van der Waals surface area contributed by atoms with E-state index < -0.39 is 0 Å². The van der Waals surface area contributed by atoms with Crippen LogP contribution in [0.25, 0.3) is 0 Å². The first-order valence-electron chi connectivity index (χ1n) is 9.55. The molecule has 1 aromatic carbocycles. The molecule has 1 amide bonds. The van der Waals surface area contributed by atoms with Gasteiger partial charge in [0.1, 0.15) is 5.69 Å². The second-order valence-corrected chi connectivity index (χ2v) is 7.67. The second kappa shape index (κ2) is 6.34. The molecular weight excluding hydrogens is 336 g/mol. The Morgan fingerprint density at radius 1 is 1.07 bits per heavy atom. The van der Waals surface area contributed by atoms with Crippen LogP contribution in [0.3, 0.4) is 0 Å². The van der Waals surface area contributed by atoms with Gasteiger partial charge in [-0.25, -0.2) is 0 Å². The molecule has 1 unspecified atom stereocenters. The summed E-state index contributed by atoms with van der Waals surface area (Å²) < 4.78 is 0. The minimum absolute atomic E-state index is 0.0532. The lowest BCUT2D eigenvalue weighted by molar-refractivity contribution is 0.0658. The molecule has 1 aliphatic heterocycles. The first-order valence-corrected chi connectivity index (χ1v) is 9.55. The van der Waals surface area contributed by atoms with Crippen LogP contribution < -0.4 is 0 Å². The number of amides is 1. The molecule has 27 heavy (non-hydrogen) atoms. The number of hydrogen-bond acceptors (Lipinski definition) is 3. The Kier molecular flexibility index (Phi) is 3.81. The minimum atomic E-state index is 0.0532. The molecule has 3 aromatic rings. The molecule has 1 aliphatic carbocycles. The number of aromatic amines is 1. The van der Waals surface area contributed by atoms with Gasteiger partial charge in [0.25, 0.3) is 5.91 Å². The molecule has 2 aromatic heterocycles. The van der Waals surface area contributed by atoms with Crippen molar-refractivity contribution in [3.05, 3.63) is 83.4 Å². The SMILES string of the molecule is O=C(c1ccn[nH]1)N1CCC2(CC1)CC(c1cccnc1)c1ccccc12. The Bertz CT molecular complexity index is 943. The summed E-state index contributed by atoms with van der Waals surface area (Å²) in [4.78, 5) is 18.9. The monoisotopic (exact) mass is 358 g/mol. The fourth-order valence-electron chi connectivity index (χ4n) is 4.93. The summed E-state index contributed by atoms with van der Waals surface area (Å²) in [6.45, 7) is 1.57. The highest BCUT2D eigenvalue weighted by Gasteiger charge is 2.46. The van der Waals surface area contributed by atoms with E-state index in [-0.39, 0.29) is 11.3 Å². The number of carbonyl (C=O) groups is 1. The normalized spacial score (nSPS) is 20.6. The van der Waals surface area contributed by atoms with E-state index in [1.807, 2.05) is 23.4 Å². The predicted octanol–water partition coefficient (Wildman–Crippen LogP) is 3.51. The Hall–Kier alpha value is -2.95. The average molecular weight is 358 g/mol. The largest absolute Gasteiger partial charge is 0.337 e. The van der Waals surface area contributed by atoms with Gasteiger partial charge in [0.15, 0.2) is 0 Å². The van der Waals surface area contributed by atoms with Crippen molar-refractivity contribution in [1.29, 1.82) is 0 Å². The van der Waals surface area contributed by atoms with E-state index in [0.717, 1.165) is 32.4 Å². The van der Waals surface area contributed by atoms with Crippen LogP contribution in [-0.4, -0.2) is 39.1 Å². The third kappa shape index (κ3) is 2.65. The maximum absolute atomic E-state index is 12.6. The van der Waals surface area contributed by atoms with Crippen LogP contribution in [0.4, 0.5) is 0 Å². The highest BCUT2D eigenvalue weighted by Crippen LogP contribution is 2.53. The van der Waals surface area contributed by atoms with Gasteiger partial charge in [-0.3, -0.25) is 14.9 Å². The Balaban J connectivity index is 1.42. The zero-order chi connectivity index (χ0) is 18.3. The Morgan fingerprint density at radius 3 is 2.67 bits per heavy atom. The Morgan fingerprint density at radius 2 is 1.93 bits per heavy atom. The van der Waals surface area contributed by atoms with Gasteiger partial charge >= 0.3 is 0 Å². The number of likely N-dealkylation sites (tertiary alicyclic amines) is 1. The number of benzene rings is 1. The lowest BCUT2D eigenvalue weighted by Crippen LogP contribution is -2.44. The lowest BCUT2D eigenvalue weighted by atomic mass is 9.73. The van der Waals surface area contributed by atoms with Crippen molar-refractivity contribution in [2.45, 2.75) is 30.6 Å². The summed E-state index contributed by atoms with van der Waals surface area (Å²) in [5.41, 5.74) is 4.91. The molecule has 1 fully saturated rings. The summed E-state index contributed by atoms with van der Waals surface area (Å²) in [5, 5.41) is 6.70. The van der Waals surface area contributed by atoms with Crippen molar-refractivity contribution in [2.75, 3.05) is 13.1 Å². The number of carbonyl (C=O) groups excluding carboxylic acids is 1. The van der Waals surface area contributed by atoms with Gasteiger partial charge in [-0.15, -0.1) is 0 Å². The standard InChI is InChI=1S/C22H22N4O/c27-21(20-7-11-24-25-20)26-12-8-22(9-13-26)14-18(16-4-3-10-23-15-16)17-5-1-2-6-19(17)22/h1-7,10-11,15,18H,8-9,12-14H2,(H,24,25). The number of hydrogen-bond donors (Lipinski definition) is 1. The highest BCUT2D eigenvalue weighted by atomic mass is 16.2. The fraction of sp³-hybridized carbons (Fsp3) is 0.318. The first-order chi connectivity index (χ1) is 13.3. The van der Waals surface area contributed by atoms with Crippen LogP contribution in [0.5, 0.6) is 0 Å². The maximum atomic E-state index is 12.6. The quantitative estimate of drug-likeness (QED) is 0.762. The molecule has 5 nitrogen and oxygen atoms in total. The molecule has 1 spiro atoms. The van der Waals surface area contributed by atoms with E-state index in [1.54, 1.807) is 12.3 Å². The van der Waals surface area contributed by atoms with Crippen LogP contribution in [0.2, 0.25) is 0 Å². The van der Waals surface area contributed by atoms with Crippen molar-refractivity contribution >= 4 is 5.91 Å².